The van der Waals surface area contributed by atoms with Gasteiger partial charge in [-0.15, -0.1) is 0 Å². The molecule has 1 aliphatic rings. The molecule has 0 aliphatic carbocycles. The van der Waals surface area contributed by atoms with Crippen LogP contribution in [0.25, 0.3) is 0 Å². The van der Waals surface area contributed by atoms with Crippen LogP contribution in [0, 0.1) is 5.82 Å². The Morgan fingerprint density at radius 1 is 1.23 bits per heavy atom. The first-order valence-electron chi connectivity index (χ1n) is 9.91. The minimum atomic E-state index is -0.491. The highest BCUT2D eigenvalue weighted by Gasteiger charge is 2.43. The number of hydrogen-bond donors (Lipinski definition) is 2. The quantitative estimate of drug-likeness (QED) is 0.625. The molecule has 0 spiro atoms. The van der Waals surface area contributed by atoms with Crippen molar-refractivity contribution in [2.45, 2.75) is 50.2 Å². The summed E-state index contributed by atoms with van der Waals surface area (Å²) in [4.78, 5) is 12.6. The summed E-state index contributed by atoms with van der Waals surface area (Å²) in [5.41, 5.74) is 2.60. The first-order valence-corrected chi connectivity index (χ1v) is 10.7. The van der Waals surface area contributed by atoms with Gasteiger partial charge in [0.1, 0.15) is 10.8 Å². The van der Waals surface area contributed by atoms with Gasteiger partial charge >= 0.3 is 6.03 Å². The highest BCUT2D eigenvalue weighted by Crippen LogP contribution is 2.35. The number of aryl methyl sites for hydroxylation is 1. The molecule has 9 heteroatoms. The summed E-state index contributed by atoms with van der Waals surface area (Å²) >= 11 is 1.11. The van der Waals surface area contributed by atoms with Crippen molar-refractivity contribution >= 4 is 23.7 Å². The van der Waals surface area contributed by atoms with Crippen LogP contribution in [0.15, 0.2) is 23.2 Å². The standard InChI is InChI=1S/C21H29FN4O3S/c1-12(2)15-7-14(22)8-16(13(3)4)19(15)23-20(27)25-30-18-9-17(26(5)24-18)21(28-6)10-29-11-21/h7-9,12-13H,10-11H2,1-6H3,(H2,23,25,27). The number of aromatic nitrogens is 2. The van der Waals surface area contributed by atoms with E-state index >= 15 is 0 Å². The molecule has 164 valence electrons. The van der Waals surface area contributed by atoms with Crippen LogP contribution in [0.2, 0.25) is 0 Å². The number of ether oxygens (including phenoxy) is 2. The fraction of sp³-hybridized carbons (Fsp3) is 0.524. The lowest BCUT2D eigenvalue weighted by molar-refractivity contribution is -0.206. The summed E-state index contributed by atoms with van der Waals surface area (Å²) in [6.45, 7) is 8.84. The number of amides is 2. The maximum Gasteiger partial charge on any atom is 0.329 e. The third kappa shape index (κ3) is 4.48. The molecule has 0 unspecified atom stereocenters. The fourth-order valence-corrected chi connectivity index (χ4v) is 4.10. The average molecular weight is 437 g/mol. The number of nitrogens with zero attached hydrogens (tertiary/aromatic N) is 2. The number of methoxy groups -OCH3 is 1. The Morgan fingerprint density at radius 3 is 2.30 bits per heavy atom. The second-order valence-corrected chi connectivity index (χ2v) is 8.94. The van der Waals surface area contributed by atoms with Gasteiger partial charge in [-0.25, -0.2) is 9.18 Å². The molecule has 3 rings (SSSR count). The molecule has 30 heavy (non-hydrogen) atoms. The van der Waals surface area contributed by atoms with Crippen molar-refractivity contribution in [3.05, 3.63) is 40.8 Å². The lowest BCUT2D eigenvalue weighted by atomic mass is 9.92. The van der Waals surface area contributed by atoms with Crippen molar-refractivity contribution in [3.8, 4) is 0 Å². The Morgan fingerprint density at radius 2 is 1.83 bits per heavy atom. The summed E-state index contributed by atoms with van der Waals surface area (Å²) in [6.07, 6.45) is 0. The minimum Gasteiger partial charge on any atom is -0.374 e. The van der Waals surface area contributed by atoms with Gasteiger partial charge in [-0.2, -0.15) is 5.10 Å². The lowest BCUT2D eigenvalue weighted by Crippen LogP contribution is -2.49. The second kappa shape index (κ2) is 8.95. The van der Waals surface area contributed by atoms with Crippen molar-refractivity contribution in [1.29, 1.82) is 0 Å². The summed E-state index contributed by atoms with van der Waals surface area (Å²) in [5.74, 6) is -0.167. The molecule has 2 heterocycles. The predicted octanol–water partition coefficient (Wildman–Crippen LogP) is 4.51. The summed E-state index contributed by atoms with van der Waals surface area (Å²) < 4.78 is 29.5. The van der Waals surface area contributed by atoms with Crippen molar-refractivity contribution in [1.82, 2.24) is 14.5 Å². The molecule has 0 atom stereocenters. The van der Waals surface area contributed by atoms with E-state index in [0.29, 0.717) is 23.9 Å². The molecule has 2 N–H and O–H groups in total. The van der Waals surface area contributed by atoms with Crippen LogP contribution in [0.1, 0.15) is 56.4 Å². The number of anilines is 1. The molecule has 7 nitrogen and oxygen atoms in total. The predicted molar refractivity (Wildman–Crippen MR) is 115 cm³/mol. The highest BCUT2D eigenvalue weighted by atomic mass is 32.2. The van der Waals surface area contributed by atoms with Crippen LogP contribution in [0.5, 0.6) is 0 Å². The average Bonchev–Trinajstić information content (AvgIpc) is 3.01. The van der Waals surface area contributed by atoms with E-state index in [9.17, 15) is 9.18 Å². The number of urea groups is 1. The zero-order valence-corrected chi connectivity index (χ0v) is 19.0. The molecule has 0 radical (unpaired) electrons. The van der Waals surface area contributed by atoms with E-state index in [-0.39, 0.29) is 17.7 Å². The van der Waals surface area contributed by atoms with E-state index in [2.05, 4.69) is 15.1 Å². The van der Waals surface area contributed by atoms with E-state index in [1.54, 1.807) is 11.8 Å². The lowest BCUT2D eigenvalue weighted by Gasteiger charge is -2.39. The Labute approximate surface area is 180 Å². The molecule has 0 saturated carbocycles. The number of carbonyl (C=O) groups excluding carboxylic acids is 1. The molecule has 1 aromatic heterocycles. The number of carbonyl (C=O) groups is 1. The van der Waals surface area contributed by atoms with Gasteiger partial charge in [0.25, 0.3) is 0 Å². The zero-order chi connectivity index (χ0) is 22.1. The van der Waals surface area contributed by atoms with E-state index < -0.39 is 11.6 Å². The molecule has 1 fully saturated rings. The molecular weight excluding hydrogens is 407 g/mol. The Balaban J connectivity index is 1.73. The number of rotatable bonds is 7. The molecular formula is C21H29FN4O3S. The van der Waals surface area contributed by atoms with Crippen LogP contribution < -0.4 is 10.0 Å². The van der Waals surface area contributed by atoms with Crippen molar-refractivity contribution in [2.24, 2.45) is 7.05 Å². The van der Waals surface area contributed by atoms with Gasteiger partial charge in [-0.3, -0.25) is 9.40 Å². The van der Waals surface area contributed by atoms with Gasteiger partial charge in [-0.05, 0) is 41.2 Å². The van der Waals surface area contributed by atoms with Gasteiger partial charge in [-0.1, -0.05) is 27.7 Å². The Hall–Kier alpha value is -2.10. The van der Waals surface area contributed by atoms with Gasteiger partial charge < -0.3 is 14.8 Å². The molecule has 1 aliphatic heterocycles. The minimum absolute atomic E-state index is 0.0643. The normalized spacial score (nSPS) is 15.4. The van der Waals surface area contributed by atoms with E-state index in [4.69, 9.17) is 9.47 Å². The van der Waals surface area contributed by atoms with Gasteiger partial charge in [0.15, 0.2) is 5.60 Å². The largest absolute Gasteiger partial charge is 0.374 e. The van der Waals surface area contributed by atoms with Crippen molar-refractivity contribution in [2.75, 3.05) is 25.6 Å². The van der Waals surface area contributed by atoms with E-state index in [1.165, 1.54) is 12.1 Å². The third-order valence-corrected chi connectivity index (χ3v) is 5.98. The zero-order valence-electron chi connectivity index (χ0n) is 18.2. The number of halogens is 1. The van der Waals surface area contributed by atoms with Gasteiger partial charge in [0, 0.05) is 31.8 Å². The Kier molecular flexibility index (Phi) is 6.74. The van der Waals surface area contributed by atoms with E-state index in [0.717, 1.165) is 28.8 Å². The van der Waals surface area contributed by atoms with E-state index in [1.807, 2.05) is 40.8 Å². The topological polar surface area (TPSA) is 77.4 Å². The molecule has 2 aromatic rings. The van der Waals surface area contributed by atoms with Crippen molar-refractivity contribution < 1.29 is 18.7 Å². The van der Waals surface area contributed by atoms with Crippen LogP contribution >= 0.6 is 11.9 Å². The smallest absolute Gasteiger partial charge is 0.329 e. The second-order valence-electron chi connectivity index (χ2n) is 8.11. The molecule has 0 bridgehead atoms. The first kappa shape index (κ1) is 22.6. The van der Waals surface area contributed by atoms with Crippen LogP contribution in [-0.2, 0) is 22.1 Å². The maximum absolute atomic E-state index is 14.1. The summed E-state index contributed by atoms with van der Waals surface area (Å²) in [7, 11) is 3.48. The third-order valence-electron chi connectivity index (χ3n) is 5.28. The number of hydrogen-bond acceptors (Lipinski definition) is 5. The first-order chi connectivity index (χ1) is 14.2. The summed E-state index contributed by atoms with van der Waals surface area (Å²) in [6, 6.07) is 4.45. The van der Waals surface area contributed by atoms with Gasteiger partial charge in [0.05, 0.1) is 18.9 Å². The fourth-order valence-electron chi connectivity index (χ4n) is 3.52. The monoisotopic (exact) mass is 436 g/mol. The van der Waals surface area contributed by atoms with Crippen LogP contribution in [0.3, 0.4) is 0 Å². The number of nitrogens with one attached hydrogen (secondary N) is 2. The molecule has 1 saturated heterocycles. The molecule has 1 aromatic carbocycles. The molecule has 2 amide bonds. The SMILES string of the molecule is COC1(c2cc(SNC(=O)Nc3c(C(C)C)cc(F)cc3C(C)C)nn2C)COC1. The van der Waals surface area contributed by atoms with Crippen LogP contribution in [-0.4, -0.2) is 36.1 Å². The summed E-state index contributed by atoms with van der Waals surface area (Å²) in [5, 5.41) is 7.99. The van der Waals surface area contributed by atoms with Gasteiger partial charge in [0.2, 0.25) is 0 Å². The number of benzene rings is 1. The highest BCUT2D eigenvalue weighted by molar-refractivity contribution is 7.97. The Bertz CT molecular complexity index is 890. The van der Waals surface area contributed by atoms with Crippen molar-refractivity contribution in [3.63, 3.8) is 0 Å². The maximum atomic E-state index is 14.1. The van der Waals surface area contributed by atoms with Crippen LogP contribution in [0.4, 0.5) is 14.9 Å².